The predicted molar refractivity (Wildman–Crippen MR) is 75.4 cm³/mol. The normalized spacial score (nSPS) is 10.6. The summed E-state index contributed by atoms with van der Waals surface area (Å²) in [6.07, 6.45) is 1.06. The molecule has 0 saturated carbocycles. The highest BCUT2D eigenvalue weighted by Gasteiger charge is 2.04. The van der Waals surface area contributed by atoms with Gasteiger partial charge in [-0.05, 0) is 25.5 Å². The lowest BCUT2D eigenvalue weighted by Gasteiger charge is -2.07. The highest BCUT2D eigenvalue weighted by molar-refractivity contribution is 7.07. The summed E-state index contributed by atoms with van der Waals surface area (Å²) >= 11 is 1.23. The highest BCUT2D eigenvalue weighted by atomic mass is 32.1. The van der Waals surface area contributed by atoms with Crippen LogP contribution in [-0.2, 0) is 6.54 Å². The van der Waals surface area contributed by atoms with Crippen LogP contribution in [-0.4, -0.2) is 16.1 Å². The van der Waals surface area contributed by atoms with Crippen LogP contribution in [0.15, 0.2) is 28.4 Å². The van der Waals surface area contributed by atoms with Gasteiger partial charge in [0.2, 0.25) is 0 Å². The Morgan fingerprint density at radius 2 is 2.28 bits per heavy atom. The first-order valence-electron chi connectivity index (χ1n) is 6.05. The van der Waals surface area contributed by atoms with E-state index in [1.165, 1.54) is 11.3 Å². The molecule has 96 valence electrons. The molecule has 0 radical (unpaired) electrons. The van der Waals surface area contributed by atoms with Crippen molar-refractivity contribution in [2.75, 3.05) is 11.9 Å². The molecule has 2 aromatic heterocycles. The Morgan fingerprint density at radius 3 is 2.94 bits per heavy atom. The second kappa shape index (κ2) is 5.82. The van der Waals surface area contributed by atoms with Crippen LogP contribution in [0.25, 0.3) is 0 Å². The Labute approximate surface area is 110 Å². The van der Waals surface area contributed by atoms with Gasteiger partial charge < -0.3 is 5.32 Å². The Balaban J connectivity index is 2.17. The van der Waals surface area contributed by atoms with Crippen molar-refractivity contribution in [1.82, 2.24) is 9.55 Å². The van der Waals surface area contributed by atoms with Gasteiger partial charge in [0.15, 0.2) is 0 Å². The first-order valence-corrected chi connectivity index (χ1v) is 6.93. The number of aryl methyl sites for hydroxylation is 1. The van der Waals surface area contributed by atoms with Gasteiger partial charge in [0.1, 0.15) is 5.82 Å². The summed E-state index contributed by atoms with van der Waals surface area (Å²) in [6.45, 7) is 5.51. The Morgan fingerprint density at radius 1 is 1.44 bits per heavy atom. The van der Waals surface area contributed by atoms with Gasteiger partial charge in [0, 0.05) is 17.6 Å². The van der Waals surface area contributed by atoms with E-state index >= 15 is 0 Å². The summed E-state index contributed by atoms with van der Waals surface area (Å²) in [5.74, 6) is 0.871. The maximum absolute atomic E-state index is 11.6. The summed E-state index contributed by atoms with van der Waals surface area (Å²) in [5.41, 5.74) is 1.89. The monoisotopic (exact) mass is 263 g/mol. The van der Waals surface area contributed by atoms with Gasteiger partial charge in [-0.2, -0.15) is 0 Å². The third-order valence-corrected chi connectivity index (χ3v) is 3.54. The molecule has 0 aliphatic heterocycles. The smallest absolute Gasteiger partial charge is 0.307 e. The SMILES string of the molecule is CCCNc1cccc(Cn2c(C)csc2=O)n1. The fourth-order valence-corrected chi connectivity index (χ4v) is 2.41. The molecule has 2 aromatic rings. The fraction of sp³-hybridized carbons (Fsp3) is 0.385. The molecule has 0 saturated heterocycles. The Bertz CT molecular complexity index is 574. The summed E-state index contributed by atoms with van der Waals surface area (Å²) in [4.78, 5) is 16.2. The van der Waals surface area contributed by atoms with Gasteiger partial charge in [-0.1, -0.05) is 24.3 Å². The molecule has 4 nitrogen and oxygen atoms in total. The van der Waals surface area contributed by atoms with Gasteiger partial charge in [-0.15, -0.1) is 0 Å². The zero-order valence-corrected chi connectivity index (χ0v) is 11.5. The lowest BCUT2D eigenvalue weighted by Crippen LogP contribution is -2.16. The van der Waals surface area contributed by atoms with Crippen molar-refractivity contribution >= 4 is 17.2 Å². The highest BCUT2D eigenvalue weighted by Crippen LogP contribution is 2.08. The third kappa shape index (κ3) is 2.98. The average Bonchev–Trinajstić information content (AvgIpc) is 2.69. The van der Waals surface area contributed by atoms with E-state index in [0.717, 1.165) is 30.2 Å². The zero-order valence-electron chi connectivity index (χ0n) is 10.6. The topological polar surface area (TPSA) is 46.9 Å². The molecule has 0 aromatic carbocycles. The van der Waals surface area contributed by atoms with Crippen molar-refractivity contribution in [3.05, 3.63) is 44.6 Å². The van der Waals surface area contributed by atoms with E-state index in [1.54, 1.807) is 4.57 Å². The summed E-state index contributed by atoms with van der Waals surface area (Å²) in [5, 5.41) is 5.12. The molecule has 2 heterocycles. The molecule has 0 aliphatic carbocycles. The van der Waals surface area contributed by atoms with Crippen molar-refractivity contribution in [2.45, 2.75) is 26.8 Å². The second-order valence-electron chi connectivity index (χ2n) is 4.17. The van der Waals surface area contributed by atoms with Crippen LogP contribution in [0.2, 0.25) is 0 Å². The number of nitrogens with one attached hydrogen (secondary N) is 1. The molecule has 0 atom stereocenters. The van der Waals surface area contributed by atoms with Crippen LogP contribution >= 0.6 is 11.3 Å². The molecule has 0 unspecified atom stereocenters. The number of aromatic nitrogens is 2. The molecular formula is C13H17N3OS. The van der Waals surface area contributed by atoms with E-state index in [1.807, 2.05) is 30.5 Å². The molecule has 18 heavy (non-hydrogen) atoms. The number of rotatable bonds is 5. The van der Waals surface area contributed by atoms with E-state index in [9.17, 15) is 4.79 Å². The lowest BCUT2D eigenvalue weighted by atomic mass is 10.3. The van der Waals surface area contributed by atoms with Crippen molar-refractivity contribution in [3.8, 4) is 0 Å². The average molecular weight is 263 g/mol. The van der Waals surface area contributed by atoms with Crippen molar-refractivity contribution in [2.24, 2.45) is 0 Å². The number of anilines is 1. The number of pyridine rings is 1. The van der Waals surface area contributed by atoms with Gasteiger partial charge in [-0.25, -0.2) is 4.98 Å². The predicted octanol–water partition coefficient (Wildman–Crippen LogP) is 2.48. The second-order valence-corrected chi connectivity index (χ2v) is 4.99. The van der Waals surface area contributed by atoms with Crippen molar-refractivity contribution < 1.29 is 0 Å². The lowest BCUT2D eigenvalue weighted by molar-refractivity contribution is 0.735. The molecule has 0 fully saturated rings. The first-order chi connectivity index (χ1) is 8.70. The van der Waals surface area contributed by atoms with Gasteiger partial charge >= 0.3 is 4.87 Å². The third-order valence-electron chi connectivity index (χ3n) is 2.66. The number of hydrogen-bond acceptors (Lipinski definition) is 4. The molecule has 5 heteroatoms. The van der Waals surface area contributed by atoms with E-state index in [4.69, 9.17) is 0 Å². The maximum atomic E-state index is 11.6. The maximum Gasteiger partial charge on any atom is 0.307 e. The first kappa shape index (κ1) is 12.8. The standard InChI is InChI=1S/C13H17N3OS/c1-3-7-14-12-6-4-5-11(15-12)8-16-10(2)9-18-13(16)17/h4-6,9H,3,7-8H2,1-2H3,(H,14,15). The largest absolute Gasteiger partial charge is 0.370 e. The summed E-state index contributed by atoms with van der Waals surface area (Å²) in [7, 11) is 0. The van der Waals surface area contributed by atoms with Crippen LogP contribution in [0.1, 0.15) is 24.7 Å². The van der Waals surface area contributed by atoms with Gasteiger partial charge in [-0.3, -0.25) is 9.36 Å². The summed E-state index contributed by atoms with van der Waals surface area (Å²) < 4.78 is 1.75. The van der Waals surface area contributed by atoms with Crippen LogP contribution in [0, 0.1) is 6.92 Å². The van der Waals surface area contributed by atoms with E-state index in [-0.39, 0.29) is 4.87 Å². The molecule has 0 amide bonds. The Kier molecular flexibility index (Phi) is 4.15. The van der Waals surface area contributed by atoms with Gasteiger partial charge in [0.05, 0.1) is 12.2 Å². The van der Waals surface area contributed by atoms with E-state index < -0.39 is 0 Å². The zero-order chi connectivity index (χ0) is 13.0. The van der Waals surface area contributed by atoms with Crippen LogP contribution in [0.4, 0.5) is 5.82 Å². The van der Waals surface area contributed by atoms with Crippen LogP contribution < -0.4 is 10.2 Å². The number of nitrogens with zero attached hydrogens (tertiary/aromatic N) is 2. The molecule has 0 spiro atoms. The van der Waals surface area contributed by atoms with E-state index in [2.05, 4.69) is 17.2 Å². The summed E-state index contributed by atoms with van der Waals surface area (Å²) in [6, 6.07) is 5.86. The van der Waals surface area contributed by atoms with Crippen molar-refractivity contribution in [3.63, 3.8) is 0 Å². The number of thiazole rings is 1. The fourth-order valence-electron chi connectivity index (χ4n) is 1.68. The molecular weight excluding hydrogens is 246 g/mol. The minimum atomic E-state index is 0.0706. The molecule has 0 bridgehead atoms. The van der Waals surface area contributed by atoms with Crippen molar-refractivity contribution in [1.29, 1.82) is 0 Å². The van der Waals surface area contributed by atoms with Gasteiger partial charge in [0.25, 0.3) is 0 Å². The molecule has 1 N–H and O–H groups in total. The molecule has 2 rings (SSSR count). The van der Waals surface area contributed by atoms with E-state index in [0.29, 0.717) is 6.54 Å². The number of hydrogen-bond donors (Lipinski definition) is 1. The minimum absolute atomic E-state index is 0.0706. The molecule has 0 aliphatic rings. The Hall–Kier alpha value is -1.62. The van der Waals surface area contributed by atoms with Crippen LogP contribution in [0.3, 0.4) is 0 Å². The van der Waals surface area contributed by atoms with Crippen LogP contribution in [0.5, 0.6) is 0 Å². The minimum Gasteiger partial charge on any atom is -0.370 e. The quantitative estimate of drug-likeness (QED) is 0.901.